The summed E-state index contributed by atoms with van der Waals surface area (Å²) in [5, 5.41) is 5.41. The minimum Gasteiger partial charge on any atom is -0.371 e. The third kappa shape index (κ3) is 3.74. The molecule has 1 aliphatic heterocycles. The molecule has 3 N–H and O–H groups in total. The molecule has 1 aromatic rings. The average molecular weight is 307 g/mol. The van der Waals surface area contributed by atoms with Crippen molar-refractivity contribution in [2.45, 2.75) is 24.4 Å². The van der Waals surface area contributed by atoms with Gasteiger partial charge in [0.1, 0.15) is 0 Å². The second kappa shape index (κ2) is 5.47. The monoisotopic (exact) mass is 307 g/mol. The van der Waals surface area contributed by atoms with E-state index in [4.69, 9.17) is 22.3 Å². The maximum Gasteiger partial charge on any atom is 0.394 e. The lowest BCUT2D eigenvalue weighted by Crippen LogP contribution is -2.29. The van der Waals surface area contributed by atoms with Gasteiger partial charge < -0.3 is 10.1 Å². The van der Waals surface area contributed by atoms with Crippen molar-refractivity contribution in [3.05, 3.63) is 21.9 Å². The van der Waals surface area contributed by atoms with Gasteiger partial charge in [0.25, 0.3) is 0 Å². The Morgan fingerprint density at radius 2 is 2.16 bits per heavy atom. The predicted molar refractivity (Wildman–Crippen MR) is 72.0 cm³/mol. The molecule has 0 unspecified atom stereocenters. The van der Waals surface area contributed by atoms with Crippen LogP contribution in [0.2, 0.25) is 0 Å². The molecule has 0 bridgehead atoms. The molecule has 2 heterocycles. The van der Waals surface area contributed by atoms with E-state index in [-0.39, 0.29) is 6.10 Å². The number of nitrogens with one attached hydrogen (secondary N) is 1. The number of hydrogen-bond acceptors (Lipinski definition) is 5. The molecular weight excluding hydrogens is 290 g/mol. The van der Waals surface area contributed by atoms with Crippen molar-refractivity contribution in [2.75, 3.05) is 20.2 Å². The smallest absolute Gasteiger partial charge is 0.371 e. The van der Waals surface area contributed by atoms with E-state index >= 15 is 0 Å². The molecule has 19 heavy (non-hydrogen) atoms. The normalized spacial score (nSPS) is 23.4. The highest BCUT2D eigenvalue weighted by Gasteiger charge is 2.50. The topological polar surface area (TPSA) is 95.9 Å². The van der Waals surface area contributed by atoms with E-state index in [2.05, 4.69) is 16.8 Å². The van der Waals surface area contributed by atoms with Gasteiger partial charge in [-0.15, -0.1) is 11.3 Å². The minimum atomic E-state index is -4.67. The Morgan fingerprint density at radius 3 is 2.68 bits per heavy atom. The molecular formula is C11H17NO5S2. The molecule has 6 nitrogen and oxygen atoms in total. The molecule has 2 aliphatic rings. The molecule has 3 rings (SSSR count). The second-order valence-corrected chi connectivity index (χ2v) is 6.60. The van der Waals surface area contributed by atoms with Gasteiger partial charge >= 0.3 is 10.4 Å². The maximum atomic E-state index is 8.74. The summed E-state index contributed by atoms with van der Waals surface area (Å²) in [5.41, 5.74) is 1.88. The molecule has 1 aliphatic carbocycles. The minimum absolute atomic E-state index is 0.285. The summed E-state index contributed by atoms with van der Waals surface area (Å²) < 4.78 is 37.5. The lowest BCUT2D eigenvalue weighted by Gasteiger charge is -2.29. The van der Waals surface area contributed by atoms with Crippen molar-refractivity contribution in [3.8, 4) is 0 Å². The highest BCUT2D eigenvalue weighted by Crippen LogP contribution is 2.55. The largest absolute Gasteiger partial charge is 0.394 e. The van der Waals surface area contributed by atoms with Crippen molar-refractivity contribution in [2.24, 2.45) is 0 Å². The van der Waals surface area contributed by atoms with Gasteiger partial charge in [-0.25, -0.2) is 0 Å². The highest BCUT2D eigenvalue weighted by atomic mass is 32.3. The first kappa shape index (κ1) is 14.9. The van der Waals surface area contributed by atoms with Gasteiger partial charge in [-0.2, -0.15) is 8.42 Å². The van der Waals surface area contributed by atoms with Crippen LogP contribution in [0.15, 0.2) is 11.4 Å². The van der Waals surface area contributed by atoms with Crippen molar-refractivity contribution >= 4 is 21.7 Å². The summed E-state index contributed by atoms with van der Waals surface area (Å²) in [7, 11) is -2.68. The first-order valence-electron chi connectivity index (χ1n) is 5.90. The second-order valence-electron chi connectivity index (χ2n) is 4.79. The van der Waals surface area contributed by atoms with Gasteiger partial charge in [0, 0.05) is 16.8 Å². The van der Waals surface area contributed by atoms with Gasteiger partial charge in [0.15, 0.2) is 0 Å². The SMILES string of the molecule is CNC[C@@H]1OCC2(CC2)c2sccc21.O=S(=O)(O)O. The Hall–Kier alpha value is -0.510. The molecule has 1 aromatic heterocycles. The van der Waals surface area contributed by atoms with Crippen LogP contribution in [0.25, 0.3) is 0 Å². The number of likely N-dealkylation sites (N-methyl/N-ethyl adjacent to an activating group) is 1. The molecule has 0 saturated heterocycles. The summed E-state index contributed by atoms with van der Waals surface area (Å²) in [4.78, 5) is 1.60. The fourth-order valence-corrected chi connectivity index (χ4v) is 3.50. The van der Waals surface area contributed by atoms with Crippen LogP contribution >= 0.6 is 11.3 Å². The molecule has 1 spiro atoms. The zero-order valence-corrected chi connectivity index (χ0v) is 12.1. The van der Waals surface area contributed by atoms with Crippen LogP contribution in [0.1, 0.15) is 29.4 Å². The Morgan fingerprint density at radius 1 is 1.53 bits per heavy atom. The summed E-state index contributed by atoms with van der Waals surface area (Å²) >= 11 is 1.92. The summed E-state index contributed by atoms with van der Waals surface area (Å²) in [6, 6.07) is 2.24. The average Bonchev–Trinajstić information content (AvgIpc) is 2.87. The third-order valence-electron chi connectivity index (χ3n) is 3.33. The van der Waals surface area contributed by atoms with Crippen LogP contribution in [0.3, 0.4) is 0 Å². The Kier molecular flexibility index (Phi) is 4.29. The van der Waals surface area contributed by atoms with Gasteiger partial charge in [0.05, 0.1) is 12.7 Å². The number of thiophene rings is 1. The fraction of sp³-hybridized carbons (Fsp3) is 0.636. The van der Waals surface area contributed by atoms with Crippen LogP contribution in [0, 0.1) is 0 Å². The third-order valence-corrected chi connectivity index (χ3v) is 4.50. The van der Waals surface area contributed by atoms with E-state index in [1.165, 1.54) is 18.4 Å². The maximum absolute atomic E-state index is 8.74. The van der Waals surface area contributed by atoms with Gasteiger partial charge in [-0.1, -0.05) is 0 Å². The number of hydrogen-bond donors (Lipinski definition) is 3. The molecule has 1 fully saturated rings. The van der Waals surface area contributed by atoms with Gasteiger partial charge in [0.2, 0.25) is 0 Å². The zero-order valence-electron chi connectivity index (χ0n) is 10.5. The lowest BCUT2D eigenvalue weighted by atomic mass is 9.96. The summed E-state index contributed by atoms with van der Waals surface area (Å²) in [6.07, 6.45) is 2.94. The van der Waals surface area contributed by atoms with Crippen LogP contribution in [0.5, 0.6) is 0 Å². The highest BCUT2D eigenvalue weighted by molar-refractivity contribution is 7.79. The molecule has 8 heteroatoms. The molecule has 0 amide bonds. The number of ether oxygens (including phenoxy) is 1. The van der Waals surface area contributed by atoms with Crippen molar-refractivity contribution < 1.29 is 22.3 Å². The van der Waals surface area contributed by atoms with E-state index < -0.39 is 10.4 Å². The van der Waals surface area contributed by atoms with Gasteiger partial charge in [-0.3, -0.25) is 9.11 Å². The fourth-order valence-electron chi connectivity index (χ4n) is 2.30. The Balaban J connectivity index is 0.000000232. The van der Waals surface area contributed by atoms with Crippen LogP contribution in [-0.4, -0.2) is 37.7 Å². The van der Waals surface area contributed by atoms with Crippen molar-refractivity contribution in [1.29, 1.82) is 0 Å². The van der Waals surface area contributed by atoms with E-state index in [1.807, 2.05) is 18.4 Å². The summed E-state index contributed by atoms with van der Waals surface area (Å²) in [6.45, 7) is 1.87. The molecule has 108 valence electrons. The van der Waals surface area contributed by atoms with E-state index in [9.17, 15) is 0 Å². The zero-order chi connectivity index (χ0) is 14.1. The summed E-state index contributed by atoms with van der Waals surface area (Å²) in [5.74, 6) is 0. The first-order valence-corrected chi connectivity index (χ1v) is 8.17. The molecule has 0 aromatic carbocycles. The number of fused-ring (bicyclic) bond motifs is 2. The van der Waals surface area contributed by atoms with E-state index in [1.54, 1.807) is 4.88 Å². The molecule has 0 radical (unpaired) electrons. The van der Waals surface area contributed by atoms with Crippen LogP contribution in [0.4, 0.5) is 0 Å². The first-order chi connectivity index (χ1) is 8.86. The Labute approximate surface area is 116 Å². The quantitative estimate of drug-likeness (QED) is 0.715. The van der Waals surface area contributed by atoms with Crippen LogP contribution < -0.4 is 5.32 Å². The lowest BCUT2D eigenvalue weighted by molar-refractivity contribution is 0.0248. The van der Waals surface area contributed by atoms with E-state index in [0.29, 0.717) is 5.41 Å². The van der Waals surface area contributed by atoms with Gasteiger partial charge in [-0.05, 0) is 36.9 Å². The number of rotatable bonds is 2. The predicted octanol–water partition coefficient (Wildman–Crippen LogP) is 1.42. The van der Waals surface area contributed by atoms with E-state index in [0.717, 1.165) is 13.2 Å². The van der Waals surface area contributed by atoms with Crippen LogP contribution in [-0.2, 0) is 20.6 Å². The molecule has 1 saturated carbocycles. The molecule has 1 atom stereocenters. The van der Waals surface area contributed by atoms with Crippen molar-refractivity contribution in [1.82, 2.24) is 5.32 Å². The van der Waals surface area contributed by atoms with Crippen molar-refractivity contribution in [3.63, 3.8) is 0 Å². The Bertz CT molecular complexity index is 527. The standard InChI is InChI=1S/C11H15NOS.H2O4S/c1-12-6-9-8-2-5-14-10(8)11(3-4-11)7-13-9;1-5(2,3)4/h2,5,9,12H,3-4,6-7H2,1H3;(H2,1,2,3,4)/t9-;/m0./s1.